The molecule has 12 heavy (non-hydrogen) atoms. The molecule has 72 valence electrons. The number of nitrogens with one attached hydrogen (secondary N) is 1. The minimum Gasteiger partial charge on any atom is -0.298 e. The lowest BCUT2D eigenvalue weighted by molar-refractivity contribution is -0.181. The largest absolute Gasteiger partial charge is 0.532 e. The number of hydroxylamine groups is 1. The molecule has 10 heteroatoms. The van der Waals surface area contributed by atoms with Crippen LogP contribution in [0.4, 0.5) is 17.4 Å². The zero-order valence-corrected chi connectivity index (χ0v) is 6.03. The van der Waals surface area contributed by atoms with Gasteiger partial charge in [-0.1, -0.05) is 0 Å². The van der Waals surface area contributed by atoms with E-state index >= 15 is 0 Å². The molecule has 0 aromatic rings. The number of carbonyl (C=O) groups excluding carboxylic acids is 1. The summed E-state index contributed by atoms with van der Waals surface area (Å²) in [5, 5.41) is 0. The molecule has 1 unspecified atom stereocenters. The number of carbonyl (C=O) groups is 1. The van der Waals surface area contributed by atoms with Gasteiger partial charge in [-0.15, -0.1) is 4.20 Å². The monoisotopic (exact) mass is 211 g/mol. The van der Waals surface area contributed by atoms with Crippen molar-refractivity contribution in [1.29, 1.82) is 0 Å². The first kappa shape index (κ1) is 11.3. The molecule has 0 saturated heterocycles. The standard InChI is InChI=1S/C2H2F4NO4P/c3-2(4,5)1(8)7-11-12(6,9)10/h(H,7,8)(H,9,10). The second kappa shape index (κ2) is 3.38. The van der Waals surface area contributed by atoms with E-state index in [0.29, 0.717) is 5.48 Å². The summed E-state index contributed by atoms with van der Waals surface area (Å²) in [6.07, 6.45) is -5.30. The van der Waals surface area contributed by atoms with E-state index in [9.17, 15) is 26.7 Å². The van der Waals surface area contributed by atoms with Gasteiger partial charge in [0.05, 0.1) is 0 Å². The summed E-state index contributed by atoms with van der Waals surface area (Å²) in [6.45, 7) is 0. The maximum absolute atomic E-state index is 11.4. The lowest BCUT2D eigenvalue weighted by atomic mass is 10.6. The molecule has 1 atom stereocenters. The zero-order chi connectivity index (χ0) is 9.99. The average molecular weight is 211 g/mol. The fraction of sp³-hybridized carbons (Fsp3) is 0.500. The van der Waals surface area contributed by atoms with E-state index in [2.05, 4.69) is 4.62 Å². The van der Waals surface area contributed by atoms with Crippen LogP contribution < -0.4 is 5.48 Å². The fourth-order valence-electron chi connectivity index (χ4n) is 0.156. The van der Waals surface area contributed by atoms with E-state index in [0.717, 1.165) is 0 Å². The molecular weight excluding hydrogens is 209 g/mol. The van der Waals surface area contributed by atoms with Crippen molar-refractivity contribution < 1.29 is 36.2 Å². The van der Waals surface area contributed by atoms with E-state index in [4.69, 9.17) is 4.89 Å². The molecule has 0 aliphatic carbocycles. The number of amides is 1. The molecule has 0 saturated carbocycles. The topological polar surface area (TPSA) is 75.6 Å². The molecule has 0 aliphatic rings. The molecule has 0 aromatic heterocycles. The maximum Gasteiger partial charge on any atom is 0.532 e. The highest BCUT2D eigenvalue weighted by Crippen LogP contribution is 2.41. The summed E-state index contributed by atoms with van der Waals surface area (Å²) in [7, 11) is -5.62. The van der Waals surface area contributed by atoms with Gasteiger partial charge in [0, 0.05) is 0 Å². The van der Waals surface area contributed by atoms with E-state index in [-0.39, 0.29) is 0 Å². The Balaban J connectivity index is 3.98. The summed E-state index contributed by atoms with van der Waals surface area (Å²) in [6, 6.07) is 0. The second-order valence-electron chi connectivity index (χ2n) is 1.47. The summed E-state index contributed by atoms with van der Waals surface area (Å²) in [5.74, 6) is -2.67. The minimum absolute atomic E-state index is 0.410. The first-order chi connectivity index (χ1) is 5.13. The van der Waals surface area contributed by atoms with Crippen molar-refractivity contribution >= 4 is 13.8 Å². The van der Waals surface area contributed by atoms with Crippen molar-refractivity contribution in [2.75, 3.05) is 0 Å². The van der Waals surface area contributed by atoms with Crippen molar-refractivity contribution in [2.24, 2.45) is 0 Å². The molecule has 1 amide bonds. The van der Waals surface area contributed by atoms with Crippen molar-refractivity contribution in [2.45, 2.75) is 6.18 Å². The van der Waals surface area contributed by atoms with Gasteiger partial charge in [-0.25, -0.2) is 10.0 Å². The van der Waals surface area contributed by atoms with Gasteiger partial charge < -0.3 is 0 Å². The smallest absolute Gasteiger partial charge is 0.298 e. The quantitative estimate of drug-likeness (QED) is 0.399. The third-order valence-electron chi connectivity index (χ3n) is 0.508. The highest BCUT2D eigenvalue weighted by atomic mass is 31.2. The van der Waals surface area contributed by atoms with Crippen LogP contribution in [-0.4, -0.2) is 17.0 Å². The molecule has 0 radical (unpaired) electrons. The van der Waals surface area contributed by atoms with Crippen LogP contribution in [0.15, 0.2) is 0 Å². The molecular formula is C2H2F4NO4P. The molecule has 0 aromatic carbocycles. The Morgan fingerprint density at radius 2 is 1.92 bits per heavy atom. The van der Waals surface area contributed by atoms with Crippen LogP contribution in [0.1, 0.15) is 0 Å². The molecule has 2 N–H and O–H groups in total. The molecule has 0 aliphatic heterocycles. The lowest BCUT2D eigenvalue weighted by Gasteiger charge is -2.06. The van der Waals surface area contributed by atoms with Crippen LogP contribution in [0.2, 0.25) is 0 Å². The molecule has 5 nitrogen and oxygen atoms in total. The SMILES string of the molecule is O=C(NOP(=O)(O)F)C(F)(F)F. The van der Waals surface area contributed by atoms with Crippen LogP contribution >= 0.6 is 7.91 Å². The van der Waals surface area contributed by atoms with Crippen LogP contribution in [-0.2, 0) is 14.0 Å². The van der Waals surface area contributed by atoms with Gasteiger partial charge in [-0.05, 0) is 0 Å². The first-order valence-corrected chi connectivity index (χ1v) is 3.68. The van der Waals surface area contributed by atoms with Gasteiger partial charge in [0.2, 0.25) is 0 Å². The Hall–Kier alpha value is -0.660. The summed E-state index contributed by atoms with van der Waals surface area (Å²) in [4.78, 5) is 17.4. The highest BCUT2D eigenvalue weighted by Gasteiger charge is 2.40. The van der Waals surface area contributed by atoms with Gasteiger partial charge in [0.1, 0.15) is 0 Å². The van der Waals surface area contributed by atoms with Gasteiger partial charge in [-0.2, -0.15) is 17.8 Å². The Morgan fingerprint density at radius 3 is 2.17 bits per heavy atom. The Labute approximate surface area is 62.9 Å². The average Bonchev–Trinajstić information content (AvgIpc) is 1.78. The van der Waals surface area contributed by atoms with E-state index in [1.165, 1.54) is 0 Å². The maximum atomic E-state index is 11.4. The first-order valence-electron chi connectivity index (χ1n) is 2.21. The highest BCUT2D eigenvalue weighted by molar-refractivity contribution is 7.46. The summed E-state index contributed by atoms with van der Waals surface area (Å²) in [5.41, 5.74) is 0.410. The van der Waals surface area contributed by atoms with Crippen molar-refractivity contribution in [3.05, 3.63) is 0 Å². The summed E-state index contributed by atoms with van der Waals surface area (Å²) < 4.78 is 57.5. The van der Waals surface area contributed by atoms with Crippen LogP contribution in [0.5, 0.6) is 0 Å². The van der Waals surface area contributed by atoms with Crippen molar-refractivity contribution in [3.63, 3.8) is 0 Å². The van der Waals surface area contributed by atoms with Crippen LogP contribution in [0.25, 0.3) is 0 Å². The Kier molecular flexibility index (Phi) is 3.19. The fourth-order valence-corrected chi connectivity index (χ4v) is 0.351. The molecule has 0 bridgehead atoms. The van der Waals surface area contributed by atoms with E-state index < -0.39 is 20.0 Å². The molecule has 0 spiro atoms. The Morgan fingerprint density at radius 1 is 1.50 bits per heavy atom. The number of halogens is 4. The predicted molar refractivity (Wildman–Crippen MR) is 26.2 cm³/mol. The number of hydrogen-bond donors (Lipinski definition) is 2. The van der Waals surface area contributed by atoms with Crippen molar-refractivity contribution in [1.82, 2.24) is 5.48 Å². The normalized spacial score (nSPS) is 16.8. The molecule has 0 rings (SSSR count). The Bertz CT molecular complexity index is 220. The number of rotatable bonds is 2. The third-order valence-corrected chi connectivity index (χ3v) is 0.825. The van der Waals surface area contributed by atoms with Crippen molar-refractivity contribution in [3.8, 4) is 0 Å². The van der Waals surface area contributed by atoms with Gasteiger partial charge in [0.15, 0.2) is 0 Å². The second-order valence-corrected chi connectivity index (χ2v) is 2.56. The number of alkyl halides is 3. The number of hydrogen-bond acceptors (Lipinski definition) is 3. The third kappa shape index (κ3) is 5.05. The van der Waals surface area contributed by atoms with E-state index in [1.807, 2.05) is 0 Å². The summed E-state index contributed by atoms with van der Waals surface area (Å²) >= 11 is 0. The zero-order valence-electron chi connectivity index (χ0n) is 5.13. The minimum atomic E-state index is -5.62. The van der Waals surface area contributed by atoms with Crippen LogP contribution in [0, 0.1) is 0 Å². The van der Waals surface area contributed by atoms with E-state index in [1.54, 1.807) is 0 Å². The predicted octanol–water partition coefficient (Wildman–Crippen LogP) is 0.666. The van der Waals surface area contributed by atoms with Crippen LogP contribution in [0.3, 0.4) is 0 Å². The van der Waals surface area contributed by atoms with Gasteiger partial charge in [-0.3, -0.25) is 9.69 Å². The molecule has 0 heterocycles. The van der Waals surface area contributed by atoms with Gasteiger partial charge in [0.25, 0.3) is 0 Å². The molecule has 0 fully saturated rings. The lowest BCUT2D eigenvalue weighted by Crippen LogP contribution is -2.35. The van der Waals surface area contributed by atoms with Gasteiger partial charge >= 0.3 is 20.0 Å².